The van der Waals surface area contributed by atoms with Gasteiger partial charge >= 0.3 is 0 Å². The minimum atomic E-state index is 0.718. The Morgan fingerprint density at radius 3 is 2.60 bits per heavy atom. The van der Waals surface area contributed by atoms with Gasteiger partial charge in [0.15, 0.2) is 5.82 Å². The molecule has 0 aliphatic rings. The predicted molar refractivity (Wildman–Crippen MR) is 41.0 cm³/mol. The highest BCUT2D eigenvalue weighted by atomic mass is 14.8. The molecule has 0 aromatic carbocycles. The number of allylic oxidation sites excluding steroid dienone is 1. The summed E-state index contributed by atoms with van der Waals surface area (Å²) in [5, 5.41) is 0. The van der Waals surface area contributed by atoms with Crippen LogP contribution in [0.25, 0.3) is 6.08 Å². The molecule has 0 spiro atoms. The van der Waals surface area contributed by atoms with Crippen molar-refractivity contribution in [1.29, 1.82) is 0 Å². The molecule has 1 aromatic rings. The minimum absolute atomic E-state index is 0.718. The average Bonchev–Trinajstić information content (AvgIpc) is 1.88. The topological polar surface area (TPSA) is 25.8 Å². The van der Waals surface area contributed by atoms with E-state index < -0.39 is 0 Å². The summed E-state index contributed by atoms with van der Waals surface area (Å²) in [6.45, 7) is 5.63. The summed E-state index contributed by atoms with van der Waals surface area (Å²) in [4.78, 5) is 7.98. The van der Waals surface area contributed by atoms with Crippen LogP contribution in [0.1, 0.15) is 12.7 Å². The largest absolute Gasteiger partial charge is 0.237 e. The smallest absolute Gasteiger partial charge is 0.151 e. The molecule has 2 heteroatoms. The van der Waals surface area contributed by atoms with Gasteiger partial charge < -0.3 is 0 Å². The highest BCUT2D eigenvalue weighted by molar-refractivity contribution is 5.44. The van der Waals surface area contributed by atoms with Crippen LogP contribution in [-0.2, 0) is 0 Å². The molecule has 0 fully saturated rings. The van der Waals surface area contributed by atoms with Gasteiger partial charge in [-0.05, 0) is 26.0 Å². The summed E-state index contributed by atoms with van der Waals surface area (Å²) in [7, 11) is 0. The quantitative estimate of drug-likeness (QED) is 0.582. The van der Waals surface area contributed by atoms with Crippen LogP contribution in [-0.4, -0.2) is 9.97 Å². The van der Waals surface area contributed by atoms with Gasteiger partial charge in [0, 0.05) is 12.4 Å². The van der Waals surface area contributed by atoms with E-state index in [1.54, 1.807) is 18.5 Å². The number of rotatable bonds is 1. The monoisotopic (exact) mass is 133 g/mol. The van der Waals surface area contributed by atoms with E-state index in [1.807, 2.05) is 13.0 Å². The van der Waals surface area contributed by atoms with Gasteiger partial charge in [-0.15, -0.1) is 0 Å². The molecule has 2 nitrogen and oxygen atoms in total. The lowest BCUT2D eigenvalue weighted by atomic mass is 10.3. The molecule has 0 bridgehead atoms. The second-order valence-electron chi connectivity index (χ2n) is 2.10. The SMILES string of the molecule is [CH2]C(C)=Cc1ncccn1. The van der Waals surface area contributed by atoms with Crippen LogP contribution in [0.15, 0.2) is 24.0 Å². The lowest BCUT2D eigenvalue weighted by Gasteiger charge is -1.89. The first-order valence-corrected chi connectivity index (χ1v) is 3.06. The Morgan fingerprint density at radius 2 is 2.10 bits per heavy atom. The van der Waals surface area contributed by atoms with E-state index in [4.69, 9.17) is 0 Å². The number of nitrogens with zero attached hydrogens (tertiary/aromatic N) is 2. The Balaban J connectivity index is 2.87. The van der Waals surface area contributed by atoms with Crippen molar-refractivity contribution < 1.29 is 0 Å². The second kappa shape index (κ2) is 3.11. The average molecular weight is 133 g/mol. The second-order valence-corrected chi connectivity index (χ2v) is 2.10. The standard InChI is InChI=1S/C8H9N2/c1-7(2)6-8-9-4-3-5-10-8/h3-6H,1H2,2H3. The summed E-state index contributed by atoms with van der Waals surface area (Å²) >= 11 is 0. The maximum atomic E-state index is 3.99. The Kier molecular flexibility index (Phi) is 2.15. The molecule has 0 N–H and O–H groups in total. The first-order chi connectivity index (χ1) is 4.79. The maximum absolute atomic E-state index is 3.99. The molecule has 1 radical (unpaired) electrons. The van der Waals surface area contributed by atoms with E-state index in [-0.39, 0.29) is 0 Å². The molecule has 0 atom stereocenters. The molecule has 0 aliphatic heterocycles. The zero-order chi connectivity index (χ0) is 7.40. The van der Waals surface area contributed by atoms with Gasteiger partial charge in [-0.2, -0.15) is 0 Å². The van der Waals surface area contributed by atoms with Crippen molar-refractivity contribution in [2.45, 2.75) is 6.92 Å². The first kappa shape index (κ1) is 6.93. The van der Waals surface area contributed by atoms with Crippen LogP contribution in [0.5, 0.6) is 0 Å². The third kappa shape index (κ3) is 1.97. The van der Waals surface area contributed by atoms with Crippen LogP contribution in [0.3, 0.4) is 0 Å². The summed E-state index contributed by atoms with van der Waals surface area (Å²) < 4.78 is 0. The lowest BCUT2D eigenvalue weighted by molar-refractivity contribution is 1.13. The van der Waals surface area contributed by atoms with Gasteiger partial charge in [0.1, 0.15) is 0 Å². The number of hydrogen-bond donors (Lipinski definition) is 0. The van der Waals surface area contributed by atoms with E-state index in [1.165, 1.54) is 0 Å². The molecule has 0 unspecified atom stereocenters. The third-order valence-corrected chi connectivity index (χ3v) is 0.961. The number of aromatic nitrogens is 2. The predicted octanol–water partition coefficient (Wildman–Crippen LogP) is 1.71. The van der Waals surface area contributed by atoms with Crippen LogP contribution in [0.4, 0.5) is 0 Å². The fourth-order valence-corrected chi connectivity index (χ4v) is 0.606. The van der Waals surface area contributed by atoms with E-state index in [9.17, 15) is 0 Å². The van der Waals surface area contributed by atoms with E-state index in [0.717, 1.165) is 11.4 Å². The molecule has 0 saturated carbocycles. The Morgan fingerprint density at radius 1 is 1.50 bits per heavy atom. The van der Waals surface area contributed by atoms with Crippen molar-refractivity contribution in [1.82, 2.24) is 9.97 Å². The summed E-state index contributed by atoms with van der Waals surface area (Å²) in [6, 6.07) is 1.79. The minimum Gasteiger partial charge on any atom is -0.237 e. The van der Waals surface area contributed by atoms with E-state index in [0.29, 0.717) is 0 Å². The van der Waals surface area contributed by atoms with Crippen LogP contribution in [0.2, 0.25) is 0 Å². The van der Waals surface area contributed by atoms with Crippen LogP contribution < -0.4 is 0 Å². The molecular formula is C8H9N2. The fourth-order valence-electron chi connectivity index (χ4n) is 0.606. The highest BCUT2D eigenvalue weighted by Crippen LogP contribution is 1.96. The van der Waals surface area contributed by atoms with Gasteiger partial charge in [-0.25, -0.2) is 9.97 Å². The molecule has 0 saturated heterocycles. The van der Waals surface area contributed by atoms with Crippen molar-refractivity contribution >= 4 is 6.08 Å². The summed E-state index contributed by atoms with van der Waals surface area (Å²) in [6.07, 6.45) is 5.25. The summed E-state index contributed by atoms with van der Waals surface area (Å²) in [5.74, 6) is 0.718. The van der Waals surface area contributed by atoms with E-state index >= 15 is 0 Å². The first-order valence-electron chi connectivity index (χ1n) is 3.06. The van der Waals surface area contributed by atoms with Gasteiger partial charge in [0.25, 0.3) is 0 Å². The lowest BCUT2D eigenvalue weighted by Crippen LogP contribution is -1.83. The molecule has 51 valence electrons. The Bertz CT molecular complexity index is 222. The molecule has 1 rings (SSSR count). The van der Waals surface area contributed by atoms with Crippen molar-refractivity contribution in [3.8, 4) is 0 Å². The summed E-state index contributed by atoms with van der Waals surface area (Å²) in [5.41, 5.74) is 0.964. The van der Waals surface area contributed by atoms with Crippen molar-refractivity contribution in [2.75, 3.05) is 0 Å². The molecule has 0 aliphatic carbocycles. The maximum Gasteiger partial charge on any atom is 0.151 e. The number of hydrogen-bond acceptors (Lipinski definition) is 2. The molecule has 10 heavy (non-hydrogen) atoms. The van der Waals surface area contributed by atoms with E-state index in [2.05, 4.69) is 16.9 Å². The van der Waals surface area contributed by atoms with Crippen LogP contribution >= 0.6 is 0 Å². The normalized spacial score (nSPS) is 11.6. The molecule has 0 amide bonds. The van der Waals surface area contributed by atoms with Crippen molar-refractivity contribution in [3.63, 3.8) is 0 Å². The van der Waals surface area contributed by atoms with Crippen molar-refractivity contribution in [2.24, 2.45) is 0 Å². The fraction of sp³-hybridized carbons (Fsp3) is 0.125. The van der Waals surface area contributed by atoms with Gasteiger partial charge in [0.2, 0.25) is 0 Å². The van der Waals surface area contributed by atoms with Gasteiger partial charge in [0.05, 0.1) is 0 Å². The van der Waals surface area contributed by atoms with Gasteiger partial charge in [-0.3, -0.25) is 0 Å². The van der Waals surface area contributed by atoms with Gasteiger partial charge in [-0.1, -0.05) is 5.57 Å². The third-order valence-electron chi connectivity index (χ3n) is 0.961. The zero-order valence-electron chi connectivity index (χ0n) is 5.91. The molecular weight excluding hydrogens is 124 g/mol. The molecule has 1 heterocycles. The van der Waals surface area contributed by atoms with Crippen LogP contribution in [0, 0.1) is 6.92 Å². The van der Waals surface area contributed by atoms with Crippen molar-refractivity contribution in [3.05, 3.63) is 36.8 Å². The Hall–Kier alpha value is -1.18. The molecule has 1 aromatic heterocycles. The highest BCUT2D eigenvalue weighted by Gasteiger charge is 1.85. The Labute approximate surface area is 60.6 Å². The zero-order valence-corrected chi connectivity index (χ0v) is 5.91.